The number of anilines is 2. The highest BCUT2D eigenvalue weighted by Crippen LogP contribution is 2.28. The number of thioether (sulfide) groups is 1. The first-order chi connectivity index (χ1) is 14.0. The third-order valence-corrected chi connectivity index (χ3v) is 5.78. The molecule has 1 saturated heterocycles. The molecule has 0 saturated carbocycles. The molecule has 2 heterocycles. The van der Waals surface area contributed by atoms with Crippen LogP contribution < -0.4 is 15.1 Å². The molecule has 0 bridgehead atoms. The second-order valence-electron chi connectivity index (χ2n) is 7.25. The van der Waals surface area contributed by atoms with Gasteiger partial charge in [0.15, 0.2) is 0 Å². The molecule has 6 nitrogen and oxygen atoms in total. The van der Waals surface area contributed by atoms with Crippen molar-refractivity contribution < 1.29 is 9.53 Å². The Kier molecular flexibility index (Phi) is 7.39. The molecule has 1 fully saturated rings. The van der Waals surface area contributed by atoms with Crippen LogP contribution in [0.2, 0.25) is 0 Å². The van der Waals surface area contributed by atoms with Crippen molar-refractivity contribution in [1.82, 2.24) is 10.3 Å². The van der Waals surface area contributed by atoms with E-state index in [-0.39, 0.29) is 5.91 Å². The fourth-order valence-corrected chi connectivity index (χ4v) is 4.11. The van der Waals surface area contributed by atoms with E-state index in [9.17, 15) is 4.79 Å². The molecule has 2 aromatic rings. The molecule has 1 amide bonds. The Bertz CT molecular complexity index is 833. The maximum Gasteiger partial charge on any atom is 0.254 e. The van der Waals surface area contributed by atoms with Crippen LogP contribution in [0.1, 0.15) is 28.4 Å². The molecule has 1 aliphatic heterocycles. The standard InChI is InChI=1S/C22H30N4O2S/c1-5-29-22-20(16(2)14-19(24-22)26-10-12-28-13-11-26)21(27)23-15-17-6-8-18(9-7-17)25(3)4/h6-9,14H,5,10-13,15H2,1-4H3,(H,23,27). The van der Waals surface area contributed by atoms with Crippen molar-refractivity contribution in [2.45, 2.75) is 25.4 Å². The highest BCUT2D eigenvalue weighted by Gasteiger charge is 2.20. The number of aromatic nitrogens is 1. The lowest BCUT2D eigenvalue weighted by Crippen LogP contribution is -2.37. The molecule has 0 aliphatic carbocycles. The monoisotopic (exact) mass is 414 g/mol. The first-order valence-corrected chi connectivity index (χ1v) is 11.0. The molecule has 3 rings (SSSR count). The van der Waals surface area contributed by atoms with Gasteiger partial charge in [0.1, 0.15) is 10.8 Å². The Morgan fingerprint density at radius 1 is 1.24 bits per heavy atom. The summed E-state index contributed by atoms with van der Waals surface area (Å²) in [5.74, 6) is 1.72. The van der Waals surface area contributed by atoms with Crippen molar-refractivity contribution in [2.75, 3.05) is 56.0 Å². The van der Waals surface area contributed by atoms with Crippen molar-refractivity contribution in [1.29, 1.82) is 0 Å². The summed E-state index contributed by atoms with van der Waals surface area (Å²) >= 11 is 1.61. The number of carbonyl (C=O) groups is 1. The predicted octanol–water partition coefficient (Wildman–Crippen LogP) is 3.33. The number of hydrogen-bond donors (Lipinski definition) is 1. The fourth-order valence-electron chi connectivity index (χ4n) is 3.28. The quantitative estimate of drug-likeness (QED) is 0.702. The SMILES string of the molecule is CCSc1nc(N2CCOCC2)cc(C)c1C(=O)NCc1ccc(N(C)C)cc1. The zero-order valence-corrected chi connectivity index (χ0v) is 18.5. The Hall–Kier alpha value is -2.25. The van der Waals surface area contributed by atoms with Crippen LogP contribution in [0.15, 0.2) is 35.4 Å². The Morgan fingerprint density at radius 2 is 1.93 bits per heavy atom. The zero-order valence-electron chi connectivity index (χ0n) is 17.7. The molecular formula is C22H30N4O2S. The Morgan fingerprint density at radius 3 is 2.55 bits per heavy atom. The molecule has 156 valence electrons. The number of morpholine rings is 1. The fraction of sp³-hybridized carbons (Fsp3) is 0.455. The van der Waals surface area contributed by atoms with Gasteiger partial charge in [-0.05, 0) is 42.0 Å². The van der Waals surface area contributed by atoms with Crippen LogP contribution in [0.4, 0.5) is 11.5 Å². The van der Waals surface area contributed by atoms with E-state index in [1.807, 2.05) is 39.2 Å². The van der Waals surface area contributed by atoms with Gasteiger partial charge in [0, 0.05) is 39.4 Å². The summed E-state index contributed by atoms with van der Waals surface area (Å²) in [6, 6.07) is 10.2. The van der Waals surface area contributed by atoms with Crippen LogP contribution in [0.25, 0.3) is 0 Å². The van der Waals surface area contributed by atoms with Crippen molar-refractivity contribution in [3.05, 3.63) is 47.0 Å². The first-order valence-electron chi connectivity index (χ1n) is 10.0. The number of pyridine rings is 1. The highest BCUT2D eigenvalue weighted by atomic mass is 32.2. The molecule has 1 aromatic carbocycles. The number of ether oxygens (including phenoxy) is 1. The van der Waals surface area contributed by atoms with Gasteiger partial charge in [-0.3, -0.25) is 4.79 Å². The van der Waals surface area contributed by atoms with Gasteiger partial charge in [0.2, 0.25) is 0 Å². The molecule has 7 heteroatoms. The molecule has 1 aromatic heterocycles. The van der Waals surface area contributed by atoms with Gasteiger partial charge in [-0.2, -0.15) is 0 Å². The van der Waals surface area contributed by atoms with E-state index >= 15 is 0 Å². The van der Waals surface area contributed by atoms with Crippen molar-refractivity contribution in [3.63, 3.8) is 0 Å². The molecule has 0 spiro atoms. The normalized spacial score (nSPS) is 14.0. The minimum atomic E-state index is -0.0730. The Labute approximate surface area is 177 Å². The van der Waals surface area contributed by atoms with E-state index in [0.717, 1.165) is 46.5 Å². The maximum absolute atomic E-state index is 13.0. The lowest BCUT2D eigenvalue weighted by atomic mass is 10.1. The number of nitrogens with one attached hydrogen (secondary N) is 1. The minimum absolute atomic E-state index is 0.0730. The lowest BCUT2D eigenvalue weighted by molar-refractivity contribution is 0.0946. The number of amides is 1. The van der Waals surface area contributed by atoms with E-state index in [1.165, 1.54) is 0 Å². The number of benzene rings is 1. The second kappa shape index (κ2) is 9.98. The first kappa shape index (κ1) is 21.5. The molecule has 1 N–H and O–H groups in total. The topological polar surface area (TPSA) is 57.7 Å². The number of rotatable bonds is 7. The summed E-state index contributed by atoms with van der Waals surface area (Å²) < 4.78 is 5.44. The largest absolute Gasteiger partial charge is 0.378 e. The molecule has 1 aliphatic rings. The van der Waals surface area contributed by atoms with Crippen LogP contribution in [0.3, 0.4) is 0 Å². The van der Waals surface area contributed by atoms with Crippen molar-refractivity contribution >= 4 is 29.2 Å². The van der Waals surface area contributed by atoms with Crippen LogP contribution in [0.5, 0.6) is 0 Å². The summed E-state index contributed by atoms with van der Waals surface area (Å²) in [6.07, 6.45) is 0. The van der Waals surface area contributed by atoms with E-state index < -0.39 is 0 Å². The predicted molar refractivity (Wildman–Crippen MR) is 120 cm³/mol. The smallest absolute Gasteiger partial charge is 0.254 e. The third-order valence-electron chi connectivity index (χ3n) is 4.92. The number of aryl methyl sites for hydroxylation is 1. The summed E-state index contributed by atoms with van der Waals surface area (Å²) in [5.41, 5.74) is 3.85. The number of carbonyl (C=O) groups excluding carboxylic acids is 1. The van der Waals surface area contributed by atoms with Gasteiger partial charge in [-0.25, -0.2) is 4.98 Å². The summed E-state index contributed by atoms with van der Waals surface area (Å²) in [5, 5.41) is 3.86. The second-order valence-corrected chi connectivity index (χ2v) is 8.51. The molecular weight excluding hydrogens is 384 g/mol. The van der Waals surface area contributed by atoms with Gasteiger partial charge < -0.3 is 19.9 Å². The number of hydrogen-bond acceptors (Lipinski definition) is 6. The lowest BCUT2D eigenvalue weighted by Gasteiger charge is -2.28. The van der Waals surface area contributed by atoms with E-state index in [2.05, 4.69) is 34.2 Å². The van der Waals surface area contributed by atoms with Gasteiger partial charge >= 0.3 is 0 Å². The van der Waals surface area contributed by atoms with Gasteiger partial charge in [-0.15, -0.1) is 11.8 Å². The summed E-state index contributed by atoms with van der Waals surface area (Å²) in [6.45, 7) is 7.66. The molecule has 0 unspecified atom stereocenters. The highest BCUT2D eigenvalue weighted by molar-refractivity contribution is 7.99. The van der Waals surface area contributed by atoms with Crippen molar-refractivity contribution in [2.24, 2.45) is 0 Å². The molecule has 0 radical (unpaired) electrons. The van der Waals surface area contributed by atoms with Crippen LogP contribution >= 0.6 is 11.8 Å². The average Bonchev–Trinajstić information content (AvgIpc) is 2.73. The minimum Gasteiger partial charge on any atom is -0.378 e. The van der Waals surface area contributed by atoms with E-state index in [0.29, 0.717) is 25.3 Å². The van der Waals surface area contributed by atoms with Crippen LogP contribution in [0, 0.1) is 6.92 Å². The van der Waals surface area contributed by atoms with E-state index in [4.69, 9.17) is 9.72 Å². The van der Waals surface area contributed by atoms with Gasteiger partial charge in [0.05, 0.1) is 18.8 Å². The summed E-state index contributed by atoms with van der Waals surface area (Å²) in [4.78, 5) is 22.1. The Balaban J connectivity index is 1.76. The van der Waals surface area contributed by atoms with Crippen LogP contribution in [-0.2, 0) is 11.3 Å². The average molecular weight is 415 g/mol. The van der Waals surface area contributed by atoms with Crippen molar-refractivity contribution in [3.8, 4) is 0 Å². The van der Waals surface area contributed by atoms with Gasteiger partial charge in [0.25, 0.3) is 5.91 Å². The van der Waals surface area contributed by atoms with Gasteiger partial charge in [-0.1, -0.05) is 19.1 Å². The summed E-state index contributed by atoms with van der Waals surface area (Å²) in [7, 11) is 4.03. The third kappa shape index (κ3) is 5.42. The van der Waals surface area contributed by atoms with E-state index in [1.54, 1.807) is 11.8 Å². The molecule has 0 atom stereocenters. The maximum atomic E-state index is 13.0. The number of nitrogens with zero attached hydrogens (tertiary/aromatic N) is 3. The molecule has 29 heavy (non-hydrogen) atoms. The zero-order chi connectivity index (χ0) is 20.8. The van der Waals surface area contributed by atoms with Crippen LogP contribution in [-0.4, -0.2) is 57.0 Å².